The normalized spacial score (nSPS) is 13.4. The van der Waals surface area contributed by atoms with Gasteiger partial charge in [0.05, 0.1) is 12.2 Å². The van der Waals surface area contributed by atoms with Gasteiger partial charge in [-0.05, 0) is 35.4 Å². The number of aromatic nitrogens is 2. The van der Waals surface area contributed by atoms with Gasteiger partial charge in [0.1, 0.15) is 23.8 Å². The predicted octanol–water partition coefficient (Wildman–Crippen LogP) is 2.69. The Morgan fingerprint density at radius 2 is 2.16 bits per heavy atom. The van der Waals surface area contributed by atoms with E-state index in [9.17, 15) is 9.59 Å². The molecule has 0 aliphatic carbocycles. The minimum atomic E-state index is -0.962. The second-order valence-corrected chi connectivity index (χ2v) is 5.77. The number of ketones is 1. The van der Waals surface area contributed by atoms with Crippen molar-refractivity contribution in [1.29, 1.82) is 0 Å². The molecule has 0 fully saturated rings. The van der Waals surface area contributed by atoms with Gasteiger partial charge in [-0.3, -0.25) is 9.59 Å². The molecule has 7 nitrogen and oxygen atoms in total. The van der Waals surface area contributed by atoms with Gasteiger partial charge in [0, 0.05) is 18.0 Å². The molecule has 0 atom stereocenters. The van der Waals surface area contributed by atoms with Crippen LogP contribution in [0.15, 0.2) is 36.5 Å². The number of nitrogens with zero attached hydrogens (tertiary/aromatic N) is 1. The number of nitrogens with one attached hydrogen (secondary N) is 2. The van der Waals surface area contributed by atoms with Crippen LogP contribution in [0.2, 0.25) is 0 Å². The van der Waals surface area contributed by atoms with Crippen LogP contribution in [-0.2, 0) is 4.79 Å². The van der Waals surface area contributed by atoms with Crippen LogP contribution in [0.1, 0.15) is 16.8 Å². The number of rotatable bonds is 4. The molecule has 0 bridgehead atoms. The number of hydrogen-bond acceptors (Lipinski definition) is 5. The monoisotopic (exact) mass is 337 g/mol. The summed E-state index contributed by atoms with van der Waals surface area (Å²) in [6.07, 6.45) is 2.17. The van der Waals surface area contributed by atoms with E-state index in [4.69, 9.17) is 9.84 Å². The molecule has 0 unspecified atom stereocenters. The number of aliphatic carboxylic acids is 1. The predicted molar refractivity (Wildman–Crippen MR) is 92.1 cm³/mol. The number of anilines is 1. The lowest BCUT2D eigenvalue weighted by Gasteiger charge is -2.17. The molecule has 3 N–H and O–H groups in total. The summed E-state index contributed by atoms with van der Waals surface area (Å²) in [5.41, 5.74) is 3.00. The Balaban J connectivity index is 1.81. The number of fused-ring (bicyclic) bond motifs is 2. The minimum Gasteiger partial charge on any atom is -0.492 e. The van der Waals surface area contributed by atoms with Gasteiger partial charge in [-0.25, -0.2) is 4.98 Å². The minimum absolute atomic E-state index is 0.0816. The van der Waals surface area contributed by atoms with Crippen LogP contribution < -0.4 is 10.1 Å². The van der Waals surface area contributed by atoms with Gasteiger partial charge in [-0.2, -0.15) is 0 Å². The van der Waals surface area contributed by atoms with Crippen LogP contribution in [0.4, 0.5) is 5.82 Å². The Kier molecular flexibility index (Phi) is 3.61. The Labute approximate surface area is 142 Å². The maximum absolute atomic E-state index is 11.9. The third-order valence-corrected chi connectivity index (χ3v) is 4.13. The zero-order valence-electron chi connectivity index (χ0n) is 13.2. The van der Waals surface area contributed by atoms with Gasteiger partial charge in [-0.1, -0.05) is 6.07 Å². The third-order valence-electron chi connectivity index (χ3n) is 4.13. The van der Waals surface area contributed by atoms with E-state index in [2.05, 4.69) is 15.3 Å². The fourth-order valence-electron chi connectivity index (χ4n) is 2.96. The van der Waals surface area contributed by atoms with E-state index in [1.165, 1.54) is 0 Å². The lowest BCUT2D eigenvalue weighted by Crippen LogP contribution is -2.15. The summed E-state index contributed by atoms with van der Waals surface area (Å²) in [5, 5.41) is 12.5. The Morgan fingerprint density at radius 1 is 1.28 bits per heavy atom. The molecule has 4 rings (SSSR count). The van der Waals surface area contributed by atoms with E-state index in [0.717, 1.165) is 16.5 Å². The SMILES string of the molecule is O=C(O)CNc1cc(-c2ccc3c(c2)OCCC3=O)c2cc[nH]c2n1. The zero-order valence-corrected chi connectivity index (χ0v) is 13.2. The Hall–Kier alpha value is -3.35. The number of H-pyrrole nitrogens is 1. The number of benzene rings is 1. The van der Waals surface area contributed by atoms with Crippen LogP contribution in [-0.4, -0.2) is 40.0 Å². The van der Waals surface area contributed by atoms with Crippen molar-refractivity contribution in [3.8, 4) is 16.9 Å². The van der Waals surface area contributed by atoms with Crippen LogP contribution in [0.3, 0.4) is 0 Å². The maximum atomic E-state index is 11.9. The van der Waals surface area contributed by atoms with Crippen molar-refractivity contribution in [2.24, 2.45) is 0 Å². The summed E-state index contributed by atoms with van der Waals surface area (Å²) < 4.78 is 5.62. The second-order valence-electron chi connectivity index (χ2n) is 5.77. The zero-order chi connectivity index (χ0) is 17.4. The first-order valence-electron chi connectivity index (χ1n) is 7.86. The van der Waals surface area contributed by atoms with Crippen molar-refractivity contribution in [3.63, 3.8) is 0 Å². The number of hydrogen-bond donors (Lipinski definition) is 3. The van der Waals surface area contributed by atoms with E-state index >= 15 is 0 Å². The lowest BCUT2D eigenvalue weighted by atomic mass is 9.98. The van der Waals surface area contributed by atoms with Gasteiger partial charge >= 0.3 is 5.97 Å². The summed E-state index contributed by atoms with van der Waals surface area (Å²) in [4.78, 5) is 30.2. The molecule has 1 aliphatic rings. The van der Waals surface area contributed by atoms with Crippen LogP contribution in [0.25, 0.3) is 22.2 Å². The molecule has 3 heterocycles. The highest BCUT2D eigenvalue weighted by Crippen LogP contribution is 2.34. The van der Waals surface area contributed by atoms with Crippen LogP contribution in [0, 0.1) is 0 Å². The molecule has 0 saturated carbocycles. The van der Waals surface area contributed by atoms with Crippen molar-refractivity contribution in [1.82, 2.24) is 9.97 Å². The number of carbonyl (C=O) groups excluding carboxylic acids is 1. The fourth-order valence-corrected chi connectivity index (χ4v) is 2.96. The summed E-state index contributed by atoms with van der Waals surface area (Å²) >= 11 is 0. The van der Waals surface area contributed by atoms with E-state index in [0.29, 0.717) is 35.8 Å². The van der Waals surface area contributed by atoms with Crippen LogP contribution >= 0.6 is 0 Å². The van der Waals surface area contributed by atoms with Crippen molar-refractivity contribution in [2.45, 2.75) is 6.42 Å². The van der Waals surface area contributed by atoms with E-state index in [1.807, 2.05) is 18.2 Å². The molecule has 1 aromatic carbocycles. The first-order valence-corrected chi connectivity index (χ1v) is 7.86. The third kappa shape index (κ3) is 2.80. The van der Waals surface area contributed by atoms with Gasteiger partial charge in [0.2, 0.25) is 0 Å². The smallest absolute Gasteiger partial charge is 0.322 e. The van der Waals surface area contributed by atoms with Crippen molar-refractivity contribution < 1.29 is 19.4 Å². The number of ether oxygens (including phenoxy) is 1. The van der Waals surface area contributed by atoms with Crippen LogP contribution in [0.5, 0.6) is 5.75 Å². The average Bonchev–Trinajstić information content (AvgIpc) is 3.07. The number of aromatic amines is 1. The number of carboxylic acids is 1. The van der Waals surface area contributed by atoms with Crippen molar-refractivity contribution in [2.75, 3.05) is 18.5 Å². The van der Waals surface area contributed by atoms with Crippen molar-refractivity contribution >= 4 is 28.6 Å². The summed E-state index contributed by atoms with van der Waals surface area (Å²) in [6, 6.07) is 9.19. The molecular formula is C18H15N3O4. The molecule has 126 valence electrons. The molecule has 3 aromatic rings. The highest BCUT2D eigenvalue weighted by molar-refractivity contribution is 6.01. The molecule has 1 aliphatic heterocycles. The topological polar surface area (TPSA) is 104 Å². The van der Waals surface area contributed by atoms with E-state index < -0.39 is 5.97 Å². The lowest BCUT2D eigenvalue weighted by molar-refractivity contribution is -0.134. The first-order chi connectivity index (χ1) is 12.1. The maximum Gasteiger partial charge on any atom is 0.322 e. The Bertz CT molecular complexity index is 993. The first kappa shape index (κ1) is 15.2. The number of carboxylic acid groups (broad SMARTS) is 1. The summed E-state index contributed by atoms with van der Waals surface area (Å²) in [6.45, 7) is 0.164. The number of Topliss-reactive ketones (excluding diaryl/α,β-unsaturated/α-hetero) is 1. The standard InChI is InChI=1S/C18H15N3O4/c22-14-4-6-25-15-7-10(1-2-12(14)15)13-8-16(20-9-17(23)24)21-18-11(13)3-5-19-18/h1-3,5,7-8H,4,6,9H2,(H,23,24)(H2,19,20,21). The molecule has 0 spiro atoms. The van der Waals surface area contributed by atoms with E-state index in [1.54, 1.807) is 18.3 Å². The second kappa shape index (κ2) is 5.94. The van der Waals surface area contributed by atoms with Crippen molar-refractivity contribution in [3.05, 3.63) is 42.1 Å². The summed E-state index contributed by atoms with van der Waals surface area (Å²) in [7, 11) is 0. The van der Waals surface area contributed by atoms with Gasteiger partial charge in [-0.15, -0.1) is 0 Å². The summed E-state index contributed by atoms with van der Waals surface area (Å²) in [5.74, 6) is 0.158. The molecule has 0 radical (unpaired) electrons. The number of pyridine rings is 1. The highest BCUT2D eigenvalue weighted by atomic mass is 16.5. The molecule has 0 amide bonds. The van der Waals surface area contributed by atoms with E-state index in [-0.39, 0.29) is 12.3 Å². The number of carbonyl (C=O) groups is 2. The van der Waals surface area contributed by atoms with Gasteiger partial charge < -0.3 is 20.1 Å². The molecule has 25 heavy (non-hydrogen) atoms. The van der Waals surface area contributed by atoms with Gasteiger partial charge in [0.15, 0.2) is 5.78 Å². The molecular weight excluding hydrogens is 322 g/mol. The molecule has 7 heteroatoms. The quantitative estimate of drug-likeness (QED) is 0.676. The average molecular weight is 337 g/mol. The molecule has 2 aromatic heterocycles. The molecule has 0 saturated heterocycles. The fraction of sp³-hybridized carbons (Fsp3) is 0.167. The highest BCUT2D eigenvalue weighted by Gasteiger charge is 2.19. The van der Waals surface area contributed by atoms with Gasteiger partial charge in [0.25, 0.3) is 0 Å². The largest absolute Gasteiger partial charge is 0.492 e. The Morgan fingerprint density at radius 3 is 3.00 bits per heavy atom.